The lowest BCUT2D eigenvalue weighted by molar-refractivity contribution is 0.101. The van der Waals surface area contributed by atoms with E-state index < -0.39 is 0 Å². The Balaban J connectivity index is 1.92. The number of benzene rings is 1. The Morgan fingerprint density at radius 1 is 1.27 bits per heavy atom. The standard InChI is InChI=1S/C16H16N2O4/c1-10-14(20-2)12(6-7-17-10)18-16(19)11-4-3-5-13-15(11)22-9-8-21-13/h3-7H,8-9H2,1-2H3,(H,17,18,19). The van der Waals surface area contributed by atoms with Gasteiger partial charge in [0.1, 0.15) is 13.2 Å². The van der Waals surface area contributed by atoms with Crippen LogP contribution in [0.1, 0.15) is 16.1 Å². The minimum Gasteiger partial charge on any atom is -0.493 e. The van der Waals surface area contributed by atoms with Crippen LogP contribution in [0.15, 0.2) is 30.5 Å². The molecule has 6 nitrogen and oxygen atoms in total. The van der Waals surface area contributed by atoms with Gasteiger partial charge in [0.25, 0.3) is 5.91 Å². The van der Waals surface area contributed by atoms with Crippen LogP contribution in [0.25, 0.3) is 0 Å². The number of anilines is 1. The second-order valence-electron chi connectivity index (χ2n) is 4.76. The highest BCUT2D eigenvalue weighted by Crippen LogP contribution is 2.34. The first-order chi connectivity index (χ1) is 10.7. The largest absolute Gasteiger partial charge is 0.493 e. The monoisotopic (exact) mass is 300 g/mol. The van der Waals surface area contributed by atoms with E-state index in [0.717, 1.165) is 0 Å². The maximum Gasteiger partial charge on any atom is 0.259 e. The molecule has 3 rings (SSSR count). The number of ether oxygens (including phenoxy) is 3. The van der Waals surface area contributed by atoms with Crippen LogP contribution in [0.4, 0.5) is 5.69 Å². The molecule has 0 aliphatic carbocycles. The second kappa shape index (κ2) is 5.93. The molecule has 0 fully saturated rings. The topological polar surface area (TPSA) is 69.7 Å². The first kappa shape index (κ1) is 14.2. The molecule has 1 N–H and O–H groups in total. The van der Waals surface area contributed by atoms with Crippen molar-refractivity contribution in [3.63, 3.8) is 0 Å². The Labute approximate surface area is 128 Å². The van der Waals surface area contributed by atoms with Crippen molar-refractivity contribution in [2.75, 3.05) is 25.6 Å². The quantitative estimate of drug-likeness (QED) is 0.942. The van der Waals surface area contributed by atoms with Crippen molar-refractivity contribution >= 4 is 11.6 Å². The van der Waals surface area contributed by atoms with Gasteiger partial charge in [0.05, 0.1) is 24.1 Å². The molecule has 0 bridgehead atoms. The summed E-state index contributed by atoms with van der Waals surface area (Å²) < 4.78 is 16.3. The molecule has 0 saturated heterocycles. The van der Waals surface area contributed by atoms with Gasteiger partial charge in [0.15, 0.2) is 17.2 Å². The molecule has 114 valence electrons. The molecule has 0 atom stereocenters. The smallest absolute Gasteiger partial charge is 0.259 e. The summed E-state index contributed by atoms with van der Waals surface area (Å²) in [7, 11) is 1.54. The highest BCUT2D eigenvalue weighted by atomic mass is 16.6. The number of hydrogen-bond acceptors (Lipinski definition) is 5. The van der Waals surface area contributed by atoms with E-state index in [1.165, 1.54) is 0 Å². The van der Waals surface area contributed by atoms with Crippen molar-refractivity contribution in [3.05, 3.63) is 41.7 Å². The Hall–Kier alpha value is -2.76. The summed E-state index contributed by atoms with van der Waals surface area (Å²) >= 11 is 0. The molecule has 6 heteroatoms. The van der Waals surface area contributed by atoms with Crippen molar-refractivity contribution in [1.82, 2.24) is 4.98 Å². The number of amides is 1. The number of para-hydroxylation sites is 1. The molecule has 1 aliphatic heterocycles. The molecule has 1 aromatic heterocycles. The molecule has 2 aromatic rings. The third-order valence-corrected chi connectivity index (χ3v) is 3.35. The highest BCUT2D eigenvalue weighted by Gasteiger charge is 2.21. The van der Waals surface area contributed by atoms with Crippen LogP contribution in [0.5, 0.6) is 17.2 Å². The van der Waals surface area contributed by atoms with E-state index in [1.807, 2.05) is 6.92 Å². The summed E-state index contributed by atoms with van der Waals surface area (Å²) in [6, 6.07) is 6.93. The lowest BCUT2D eigenvalue weighted by atomic mass is 10.1. The van der Waals surface area contributed by atoms with Crippen LogP contribution in [0, 0.1) is 6.92 Å². The van der Waals surface area contributed by atoms with E-state index in [0.29, 0.717) is 47.4 Å². The minimum atomic E-state index is -0.286. The van der Waals surface area contributed by atoms with Gasteiger partial charge in [-0.2, -0.15) is 0 Å². The Kier molecular flexibility index (Phi) is 3.82. The lowest BCUT2D eigenvalue weighted by Gasteiger charge is -2.20. The van der Waals surface area contributed by atoms with Gasteiger partial charge in [-0.05, 0) is 25.1 Å². The van der Waals surface area contributed by atoms with Crippen LogP contribution in [-0.4, -0.2) is 31.2 Å². The van der Waals surface area contributed by atoms with Crippen LogP contribution in [-0.2, 0) is 0 Å². The maximum absolute atomic E-state index is 12.5. The van der Waals surface area contributed by atoms with Gasteiger partial charge < -0.3 is 19.5 Å². The third-order valence-electron chi connectivity index (χ3n) is 3.35. The molecule has 1 aliphatic rings. The zero-order chi connectivity index (χ0) is 15.5. The summed E-state index contributed by atoms with van der Waals surface area (Å²) in [5, 5.41) is 2.83. The molecule has 22 heavy (non-hydrogen) atoms. The number of carbonyl (C=O) groups is 1. The SMILES string of the molecule is COc1c(NC(=O)c2cccc3c2OCCO3)ccnc1C. The average molecular weight is 300 g/mol. The fraction of sp³-hybridized carbons (Fsp3) is 0.250. The minimum absolute atomic E-state index is 0.286. The number of rotatable bonds is 3. The van der Waals surface area contributed by atoms with Crippen molar-refractivity contribution in [2.45, 2.75) is 6.92 Å². The van der Waals surface area contributed by atoms with Gasteiger partial charge in [-0.25, -0.2) is 0 Å². The number of carbonyl (C=O) groups excluding carboxylic acids is 1. The van der Waals surface area contributed by atoms with E-state index in [2.05, 4.69) is 10.3 Å². The first-order valence-corrected chi connectivity index (χ1v) is 6.90. The normalized spacial score (nSPS) is 12.6. The number of aromatic nitrogens is 1. The molecule has 0 unspecified atom stereocenters. The predicted octanol–water partition coefficient (Wildman–Crippen LogP) is 2.42. The molecule has 2 heterocycles. The van der Waals surface area contributed by atoms with Crippen molar-refractivity contribution in [2.24, 2.45) is 0 Å². The van der Waals surface area contributed by atoms with Crippen LogP contribution < -0.4 is 19.5 Å². The van der Waals surface area contributed by atoms with Crippen LogP contribution in [0.3, 0.4) is 0 Å². The molecular formula is C16H16N2O4. The number of aryl methyl sites for hydroxylation is 1. The average Bonchev–Trinajstić information content (AvgIpc) is 2.54. The van der Waals surface area contributed by atoms with E-state index >= 15 is 0 Å². The summed E-state index contributed by atoms with van der Waals surface area (Å²) in [6.07, 6.45) is 1.62. The number of hydrogen-bond donors (Lipinski definition) is 1. The van der Waals surface area contributed by atoms with Crippen LogP contribution in [0.2, 0.25) is 0 Å². The van der Waals surface area contributed by atoms with Crippen molar-refractivity contribution in [1.29, 1.82) is 0 Å². The number of fused-ring (bicyclic) bond motifs is 1. The van der Waals surface area contributed by atoms with Crippen molar-refractivity contribution < 1.29 is 19.0 Å². The summed E-state index contributed by atoms with van der Waals surface area (Å²) in [6.45, 7) is 2.72. The Morgan fingerprint density at radius 3 is 2.91 bits per heavy atom. The number of nitrogens with zero attached hydrogens (tertiary/aromatic N) is 1. The van der Waals surface area contributed by atoms with E-state index in [4.69, 9.17) is 14.2 Å². The van der Waals surface area contributed by atoms with Gasteiger partial charge in [0, 0.05) is 6.20 Å². The second-order valence-corrected chi connectivity index (χ2v) is 4.76. The van der Waals surface area contributed by atoms with Crippen LogP contribution >= 0.6 is 0 Å². The predicted molar refractivity (Wildman–Crippen MR) is 80.9 cm³/mol. The summed E-state index contributed by atoms with van der Waals surface area (Å²) in [5.74, 6) is 1.30. The summed E-state index contributed by atoms with van der Waals surface area (Å²) in [5.41, 5.74) is 1.69. The summed E-state index contributed by atoms with van der Waals surface area (Å²) in [4.78, 5) is 16.7. The van der Waals surface area contributed by atoms with E-state index in [-0.39, 0.29) is 5.91 Å². The molecule has 1 amide bonds. The zero-order valence-corrected chi connectivity index (χ0v) is 12.4. The fourth-order valence-electron chi connectivity index (χ4n) is 2.35. The Bertz CT molecular complexity index is 715. The number of nitrogens with one attached hydrogen (secondary N) is 1. The van der Waals surface area contributed by atoms with Gasteiger partial charge in [-0.3, -0.25) is 9.78 Å². The fourth-order valence-corrected chi connectivity index (χ4v) is 2.35. The first-order valence-electron chi connectivity index (χ1n) is 6.90. The van der Waals surface area contributed by atoms with Gasteiger partial charge >= 0.3 is 0 Å². The molecule has 0 saturated carbocycles. The van der Waals surface area contributed by atoms with Gasteiger partial charge in [0.2, 0.25) is 0 Å². The number of methoxy groups -OCH3 is 1. The molecule has 0 radical (unpaired) electrons. The molecule has 0 spiro atoms. The van der Waals surface area contributed by atoms with Crippen molar-refractivity contribution in [3.8, 4) is 17.2 Å². The highest BCUT2D eigenvalue weighted by molar-refractivity contribution is 6.07. The van der Waals surface area contributed by atoms with E-state index in [1.54, 1.807) is 37.6 Å². The maximum atomic E-state index is 12.5. The lowest BCUT2D eigenvalue weighted by Crippen LogP contribution is -2.20. The van der Waals surface area contributed by atoms with E-state index in [9.17, 15) is 4.79 Å². The third kappa shape index (κ3) is 2.55. The van der Waals surface area contributed by atoms with Gasteiger partial charge in [-0.1, -0.05) is 6.07 Å². The molecular weight excluding hydrogens is 284 g/mol. The van der Waals surface area contributed by atoms with Gasteiger partial charge in [-0.15, -0.1) is 0 Å². The molecule has 1 aromatic carbocycles. The number of pyridine rings is 1. The zero-order valence-electron chi connectivity index (χ0n) is 12.4. The Morgan fingerprint density at radius 2 is 2.09 bits per heavy atom.